The van der Waals surface area contributed by atoms with Crippen molar-refractivity contribution in [1.29, 1.82) is 0 Å². The normalized spacial score (nSPS) is 56.1. The Balaban J connectivity index is 1.28. The summed E-state index contributed by atoms with van der Waals surface area (Å²) >= 11 is 0. The summed E-state index contributed by atoms with van der Waals surface area (Å²) in [5, 5.41) is 41.5. The lowest BCUT2D eigenvalue weighted by Gasteiger charge is -2.71. The largest absolute Gasteiger partial charge is 0.481 e. The summed E-state index contributed by atoms with van der Waals surface area (Å²) < 4.78 is 12.4. The van der Waals surface area contributed by atoms with Gasteiger partial charge in [-0.3, -0.25) is 4.79 Å². The maximum atomic E-state index is 12.4. The monoisotopic (exact) mass is 602 g/mol. The molecule has 6 rings (SSSR count). The van der Waals surface area contributed by atoms with E-state index >= 15 is 0 Å². The summed E-state index contributed by atoms with van der Waals surface area (Å²) in [5.41, 5.74) is 1.29. The molecule has 14 atom stereocenters. The predicted molar refractivity (Wildman–Crippen MR) is 164 cm³/mol. The number of hydrogen-bond acceptors (Lipinski definition) is 6. The van der Waals surface area contributed by atoms with Gasteiger partial charge in [0.25, 0.3) is 0 Å². The van der Waals surface area contributed by atoms with Crippen molar-refractivity contribution in [2.24, 2.45) is 50.2 Å². The zero-order chi connectivity index (χ0) is 31.5. The molecule has 0 unspecified atom stereocenters. The Bertz CT molecular complexity index is 1170. The van der Waals surface area contributed by atoms with Gasteiger partial charge >= 0.3 is 5.97 Å². The number of hydrogen-bond donors (Lipinski definition) is 4. The highest BCUT2D eigenvalue weighted by Crippen LogP contribution is 2.75. The van der Waals surface area contributed by atoms with E-state index in [9.17, 15) is 25.2 Å². The van der Waals surface area contributed by atoms with E-state index in [1.165, 1.54) is 12.8 Å². The van der Waals surface area contributed by atoms with Gasteiger partial charge in [-0.05, 0) is 123 Å². The molecular weight excluding hydrogens is 544 g/mol. The molecular formula is C36H58O7. The van der Waals surface area contributed by atoms with Crippen LogP contribution in [0.5, 0.6) is 0 Å². The first-order valence-electron chi connectivity index (χ1n) is 17.1. The quantitative estimate of drug-likeness (QED) is 0.228. The van der Waals surface area contributed by atoms with Crippen molar-refractivity contribution in [1.82, 2.24) is 0 Å². The molecule has 0 spiro atoms. The first-order valence-corrected chi connectivity index (χ1v) is 17.1. The van der Waals surface area contributed by atoms with Gasteiger partial charge in [-0.15, -0.1) is 0 Å². The Morgan fingerprint density at radius 3 is 2.21 bits per heavy atom. The van der Waals surface area contributed by atoms with E-state index < -0.39 is 42.1 Å². The number of aliphatic carboxylic acids is 1. The van der Waals surface area contributed by atoms with Gasteiger partial charge in [0.05, 0.1) is 17.6 Å². The molecule has 0 radical (unpaired) electrons. The van der Waals surface area contributed by atoms with Crippen molar-refractivity contribution >= 4 is 5.97 Å². The minimum Gasteiger partial charge on any atom is -0.481 e. The molecule has 0 aromatic heterocycles. The van der Waals surface area contributed by atoms with E-state index in [0.717, 1.165) is 51.4 Å². The molecule has 0 aromatic carbocycles. The van der Waals surface area contributed by atoms with Crippen molar-refractivity contribution < 1.29 is 34.7 Å². The molecule has 0 aromatic rings. The summed E-state index contributed by atoms with van der Waals surface area (Å²) in [6.45, 7) is 18.4. The van der Waals surface area contributed by atoms with Gasteiger partial charge in [0.1, 0.15) is 18.3 Å². The number of carboxylic acids is 1. The molecule has 4 N–H and O–H groups in total. The van der Waals surface area contributed by atoms with Crippen LogP contribution in [-0.2, 0) is 14.3 Å². The zero-order valence-corrected chi connectivity index (χ0v) is 27.9. The Morgan fingerprint density at radius 2 is 1.53 bits per heavy atom. The van der Waals surface area contributed by atoms with Gasteiger partial charge in [0.15, 0.2) is 6.29 Å². The van der Waals surface area contributed by atoms with Crippen molar-refractivity contribution in [2.45, 2.75) is 156 Å². The highest BCUT2D eigenvalue weighted by atomic mass is 16.7. The number of fused-ring (bicyclic) bond motifs is 7. The molecule has 6 aliphatic rings. The van der Waals surface area contributed by atoms with Crippen LogP contribution in [0.1, 0.15) is 120 Å². The van der Waals surface area contributed by atoms with Crippen molar-refractivity contribution in [2.75, 3.05) is 0 Å². The van der Waals surface area contributed by atoms with Gasteiger partial charge < -0.3 is 29.9 Å². The molecule has 244 valence electrons. The maximum absolute atomic E-state index is 12.4. The van der Waals surface area contributed by atoms with Crippen LogP contribution < -0.4 is 0 Å². The molecule has 7 nitrogen and oxygen atoms in total. The van der Waals surface area contributed by atoms with Crippen LogP contribution >= 0.6 is 0 Å². The van der Waals surface area contributed by atoms with Crippen LogP contribution in [0.25, 0.3) is 0 Å². The fourth-order valence-corrected chi connectivity index (χ4v) is 12.1. The Morgan fingerprint density at radius 1 is 0.860 bits per heavy atom. The summed E-state index contributed by atoms with van der Waals surface area (Å²) in [6, 6.07) is 0. The minimum atomic E-state index is -1.29. The zero-order valence-electron chi connectivity index (χ0n) is 27.9. The SMILES string of the molecule is C[C@@H]1O[C@@H](O[C@H]2CC[C@]3(C)[C@H]4CC=C5[C@@H]6C[C@@](C)(C(=O)O)CC[C@]6(C)CC[C@@]5(C)[C@]4(C)CC[C@H]3C2(C)C)[C@@H](O)[C@H](O)[C@@H]1O. The van der Waals surface area contributed by atoms with Crippen molar-refractivity contribution in [3.05, 3.63) is 11.6 Å². The topological polar surface area (TPSA) is 116 Å². The minimum absolute atomic E-state index is 0.0650. The molecule has 0 bridgehead atoms. The second kappa shape index (κ2) is 10.0. The van der Waals surface area contributed by atoms with Crippen LogP contribution in [0, 0.1) is 50.2 Å². The van der Waals surface area contributed by atoms with Crippen LogP contribution in [0.3, 0.4) is 0 Å². The highest BCUT2D eigenvalue weighted by molar-refractivity contribution is 5.74. The molecule has 1 heterocycles. The number of rotatable bonds is 3. The summed E-state index contributed by atoms with van der Waals surface area (Å²) in [7, 11) is 0. The van der Waals surface area contributed by atoms with E-state index in [0.29, 0.717) is 17.8 Å². The van der Waals surface area contributed by atoms with Gasteiger partial charge in [0.2, 0.25) is 0 Å². The van der Waals surface area contributed by atoms with Gasteiger partial charge in [-0.2, -0.15) is 0 Å². The Labute approximate surface area is 258 Å². The third-order valence-electron chi connectivity index (χ3n) is 15.4. The predicted octanol–water partition coefficient (Wildman–Crippen LogP) is 6.09. The van der Waals surface area contributed by atoms with E-state index in [2.05, 4.69) is 47.6 Å². The average Bonchev–Trinajstić information content (AvgIpc) is 2.93. The summed E-state index contributed by atoms with van der Waals surface area (Å²) in [6.07, 6.45) is 7.27. The fraction of sp³-hybridized carbons (Fsp3) is 0.917. The lowest BCUT2D eigenvalue weighted by Crippen LogP contribution is -2.65. The smallest absolute Gasteiger partial charge is 0.309 e. The van der Waals surface area contributed by atoms with Crippen LogP contribution in [0.15, 0.2) is 11.6 Å². The molecule has 1 aliphatic heterocycles. The summed E-state index contributed by atoms with van der Waals surface area (Å²) in [4.78, 5) is 12.4. The third-order valence-corrected chi connectivity index (χ3v) is 15.4. The Hall–Kier alpha value is -0.990. The summed E-state index contributed by atoms with van der Waals surface area (Å²) in [5.74, 6) is 0.661. The number of carbonyl (C=O) groups is 1. The first kappa shape index (κ1) is 32.0. The number of carboxylic acid groups (broad SMARTS) is 1. The second-order valence-corrected chi connectivity index (χ2v) is 17.7. The molecule has 1 saturated heterocycles. The molecule has 7 heteroatoms. The maximum Gasteiger partial charge on any atom is 0.309 e. The lowest BCUT2D eigenvalue weighted by atomic mass is 9.33. The van der Waals surface area contributed by atoms with Crippen LogP contribution in [0.2, 0.25) is 0 Å². The van der Waals surface area contributed by atoms with Gasteiger partial charge in [-0.25, -0.2) is 0 Å². The number of aliphatic hydroxyl groups is 3. The molecule has 5 fully saturated rings. The highest BCUT2D eigenvalue weighted by Gasteiger charge is 2.68. The van der Waals surface area contributed by atoms with Crippen LogP contribution in [-0.4, -0.2) is 63.2 Å². The van der Waals surface area contributed by atoms with Gasteiger partial charge in [0, 0.05) is 0 Å². The number of ether oxygens (including phenoxy) is 2. The molecule has 43 heavy (non-hydrogen) atoms. The average molecular weight is 603 g/mol. The molecule has 5 aliphatic carbocycles. The van der Waals surface area contributed by atoms with E-state index in [4.69, 9.17) is 9.47 Å². The lowest BCUT2D eigenvalue weighted by molar-refractivity contribution is -0.324. The molecule has 4 saturated carbocycles. The standard InChI is InChI=1S/C36H58O7/c1-20-26(37)27(38)28(39)29(42-20)43-25-12-13-34(6)23(31(25,2)3)11-14-36(8)24(34)10-9-21-22-19-33(5,30(40)41)16-15-32(22,4)17-18-35(21,36)7/h9,20,22-29,37-39H,10-19H2,1-8H3,(H,40,41)/t20-,22-,23-,24+,25-,26+,27+,28-,29-,32+,33-,34-,35+,36+/m0/s1. The number of aliphatic hydroxyl groups excluding tert-OH is 3. The Kier molecular flexibility index (Phi) is 7.44. The third kappa shape index (κ3) is 4.33. The first-order chi connectivity index (χ1) is 19.8. The number of allylic oxidation sites excluding steroid dienone is 2. The van der Waals surface area contributed by atoms with E-state index in [1.807, 2.05) is 6.92 Å². The van der Waals surface area contributed by atoms with E-state index in [-0.39, 0.29) is 33.2 Å². The van der Waals surface area contributed by atoms with Crippen LogP contribution in [0.4, 0.5) is 0 Å². The second-order valence-electron chi connectivity index (χ2n) is 17.7. The van der Waals surface area contributed by atoms with Crippen molar-refractivity contribution in [3.8, 4) is 0 Å². The van der Waals surface area contributed by atoms with E-state index in [1.54, 1.807) is 12.5 Å². The fourth-order valence-electron chi connectivity index (χ4n) is 12.1. The van der Waals surface area contributed by atoms with Crippen molar-refractivity contribution in [3.63, 3.8) is 0 Å². The van der Waals surface area contributed by atoms with Gasteiger partial charge in [-0.1, -0.05) is 53.2 Å². The molecule has 0 amide bonds.